The van der Waals surface area contributed by atoms with Gasteiger partial charge in [-0.2, -0.15) is 0 Å². The predicted molar refractivity (Wildman–Crippen MR) is 128 cm³/mol. The second-order valence-electron chi connectivity index (χ2n) is 8.18. The number of esters is 2. The van der Waals surface area contributed by atoms with Crippen LogP contribution in [0.5, 0.6) is 0 Å². The Kier molecular flexibility index (Phi) is 7.11. The Balaban J connectivity index is 1.46. The fourth-order valence-corrected chi connectivity index (χ4v) is 3.95. The first-order valence-corrected chi connectivity index (χ1v) is 11.3. The van der Waals surface area contributed by atoms with Gasteiger partial charge in [0.15, 0.2) is 6.10 Å². The highest BCUT2D eigenvalue weighted by Crippen LogP contribution is 2.29. The van der Waals surface area contributed by atoms with Crippen LogP contribution in [-0.2, 0) is 14.3 Å². The molecule has 0 bridgehead atoms. The van der Waals surface area contributed by atoms with E-state index >= 15 is 0 Å². The van der Waals surface area contributed by atoms with Gasteiger partial charge in [0.1, 0.15) is 6.10 Å². The monoisotopic (exact) mass is 467 g/mol. The highest BCUT2D eigenvalue weighted by Gasteiger charge is 2.26. The molecule has 33 heavy (non-hydrogen) atoms. The summed E-state index contributed by atoms with van der Waals surface area (Å²) in [6.45, 7) is 3.29. The number of nitrogens with one attached hydrogen (secondary N) is 1. The van der Waals surface area contributed by atoms with E-state index in [0.29, 0.717) is 16.3 Å². The molecule has 1 unspecified atom stereocenters. The summed E-state index contributed by atoms with van der Waals surface area (Å²) in [5.74, 6) is -1.13. The number of halogens is 1. The average molecular weight is 468 g/mol. The minimum absolute atomic E-state index is 0.141. The molecule has 2 heterocycles. The van der Waals surface area contributed by atoms with Crippen molar-refractivity contribution in [3.05, 3.63) is 65.3 Å². The molecule has 0 aliphatic carbocycles. The first-order valence-electron chi connectivity index (χ1n) is 10.9. The second kappa shape index (κ2) is 10.2. The molecule has 3 aromatic rings. The summed E-state index contributed by atoms with van der Waals surface area (Å²) in [6.07, 6.45) is 2.08. The molecule has 1 aliphatic rings. The minimum Gasteiger partial charge on any atom is -0.460 e. The van der Waals surface area contributed by atoms with E-state index in [1.54, 1.807) is 36.5 Å². The highest BCUT2D eigenvalue weighted by atomic mass is 35.5. The summed E-state index contributed by atoms with van der Waals surface area (Å²) in [4.78, 5) is 31.9. The van der Waals surface area contributed by atoms with Crippen molar-refractivity contribution in [1.29, 1.82) is 0 Å². The van der Waals surface area contributed by atoms with Crippen LogP contribution < -0.4 is 5.32 Å². The lowest BCUT2D eigenvalue weighted by molar-refractivity contribution is -0.160. The standard InChI is InChI=1S/C25H26ClN3O4/c1-16(24(30)33-18-10-13-29(2)14-11-18)32-25(31)20-5-3-4-6-21(20)28-22-9-12-27-23-15-17(26)7-8-19(22)23/h3-9,12,15-16,18H,10-11,13-14H2,1-2H3,(H,27,28). The Hall–Kier alpha value is -3.16. The molecule has 1 saturated heterocycles. The van der Waals surface area contributed by atoms with E-state index < -0.39 is 18.0 Å². The van der Waals surface area contributed by atoms with Gasteiger partial charge in [0, 0.05) is 35.4 Å². The molecule has 1 fully saturated rings. The van der Waals surface area contributed by atoms with E-state index in [1.165, 1.54) is 6.92 Å². The summed E-state index contributed by atoms with van der Waals surface area (Å²) in [5, 5.41) is 4.74. The van der Waals surface area contributed by atoms with Gasteiger partial charge < -0.3 is 19.7 Å². The van der Waals surface area contributed by atoms with Crippen LogP contribution in [0.15, 0.2) is 54.7 Å². The van der Waals surface area contributed by atoms with Gasteiger partial charge in [-0.25, -0.2) is 9.59 Å². The van der Waals surface area contributed by atoms with E-state index in [2.05, 4.69) is 15.2 Å². The fraction of sp³-hybridized carbons (Fsp3) is 0.320. The molecule has 7 nitrogen and oxygen atoms in total. The number of piperidine rings is 1. The van der Waals surface area contributed by atoms with Crippen molar-refractivity contribution in [1.82, 2.24) is 9.88 Å². The number of pyridine rings is 1. The van der Waals surface area contributed by atoms with Crippen LogP contribution in [0.4, 0.5) is 11.4 Å². The zero-order valence-electron chi connectivity index (χ0n) is 18.6. The van der Waals surface area contributed by atoms with Crippen LogP contribution in [-0.4, -0.2) is 54.2 Å². The number of aromatic nitrogens is 1. The number of carbonyl (C=O) groups excluding carboxylic acids is 2. The molecule has 4 rings (SSSR count). The first kappa shape index (κ1) is 23.0. The maximum Gasteiger partial charge on any atom is 0.347 e. The normalized spacial score (nSPS) is 15.7. The summed E-state index contributed by atoms with van der Waals surface area (Å²) in [6, 6.07) is 14.2. The lowest BCUT2D eigenvalue weighted by Crippen LogP contribution is -2.37. The lowest BCUT2D eigenvalue weighted by atomic mass is 10.1. The van der Waals surface area contributed by atoms with Crippen molar-refractivity contribution >= 4 is 45.8 Å². The number of fused-ring (bicyclic) bond motifs is 1. The van der Waals surface area contributed by atoms with Gasteiger partial charge in [-0.3, -0.25) is 4.98 Å². The molecule has 0 amide bonds. The molecule has 2 aromatic carbocycles. The molecular weight excluding hydrogens is 442 g/mol. The number of nitrogens with zero attached hydrogens (tertiary/aromatic N) is 2. The summed E-state index contributed by atoms with van der Waals surface area (Å²) >= 11 is 6.08. The van der Waals surface area contributed by atoms with E-state index in [1.807, 2.05) is 25.2 Å². The molecule has 1 atom stereocenters. The molecule has 1 aliphatic heterocycles. The topological polar surface area (TPSA) is 80.8 Å². The number of rotatable bonds is 6. The van der Waals surface area contributed by atoms with Crippen molar-refractivity contribution in [2.75, 3.05) is 25.5 Å². The number of hydrogen-bond acceptors (Lipinski definition) is 7. The minimum atomic E-state index is -1.01. The number of hydrogen-bond donors (Lipinski definition) is 1. The number of para-hydroxylation sites is 1. The molecular formula is C25H26ClN3O4. The first-order chi connectivity index (χ1) is 15.9. The van der Waals surface area contributed by atoms with Crippen LogP contribution in [0.2, 0.25) is 5.02 Å². The van der Waals surface area contributed by atoms with Gasteiger partial charge in [-0.15, -0.1) is 0 Å². The predicted octanol–water partition coefficient (Wildman–Crippen LogP) is 4.81. The number of likely N-dealkylation sites (tertiary alicyclic amines) is 1. The number of ether oxygens (including phenoxy) is 2. The molecule has 172 valence electrons. The van der Waals surface area contributed by atoms with Crippen LogP contribution in [0.25, 0.3) is 10.9 Å². The zero-order chi connectivity index (χ0) is 23.4. The highest BCUT2D eigenvalue weighted by molar-refractivity contribution is 6.31. The van der Waals surface area contributed by atoms with Crippen molar-refractivity contribution in [2.45, 2.75) is 32.0 Å². The van der Waals surface area contributed by atoms with E-state index in [4.69, 9.17) is 21.1 Å². The third kappa shape index (κ3) is 5.61. The van der Waals surface area contributed by atoms with Crippen molar-refractivity contribution < 1.29 is 19.1 Å². The average Bonchev–Trinajstić information content (AvgIpc) is 2.80. The van der Waals surface area contributed by atoms with Crippen LogP contribution in [0.1, 0.15) is 30.1 Å². The largest absolute Gasteiger partial charge is 0.460 e. The molecule has 1 N–H and O–H groups in total. The van der Waals surface area contributed by atoms with Gasteiger partial charge in [0.25, 0.3) is 0 Å². The summed E-state index contributed by atoms with van der Waals surface area (Å²) < 4.78 is 11.0. The number of carbonyl (C=O) groups is 2. The fourth-order valence-electron chi connectivity index (χ4n) is 3.78. The number of benzene rings is 2. The van der Waals surface area contributed by atoms with Gasteiger partial charge in [-0.05, 0) is 63.2 Å². The maximum absolute atomic E-state index is 12.9. The third-order valence-corrected chi connectivity index (χ3v) is 5.92. The Morgan fingerprint density at radius 1 is 1.12 bits per heavy atom. The Morgan fingerprint density at radius 2 is 1.88 bits per heavy atom. The van der Waals surface area contributed by atoms with Crippen LogP contribution in [0.3, 0.4) is 0 Å². The molecule has 1 aromatic heterocycles. The second-order valence-corrected chi connectivity index (χ2v) is 8.61. The third-order valence-electron chi connectivity index (χ3n) is 5.69. The van der Waals surface area contributed by atoms with E-state index in [9.17, 15) is 9.59 Å². The summed E-state index contributed by atoms with van der Waals surface area (Å²) in [7, 11) is 2.04. The van der Waals surface area contributed by atoms with Gasteiger partial charge in [0.05, 0.1) is 16.8 Å². The molecule has 0 radical (unpaired) electrons. The van der Waals surface area contributed by atoms with Gasteiger partial charge >= 0.3 is 11.9 Å². The molecule has 0 saturated carbocycles. The Labute approximate surface area is 197 Å². The van der Waals surface area contributed by atoms with E-state index in [0.717, 1.165) is 42.5 Å². The lowest BCUT2D eigenvalue weighted by Gasteiger charge is -2.29. The van der Waals surface area contributed by atoms with Gasteiger partial charge in [0.2, 0.25) is 0 Å². The Bertz CT molecular complexity index is 1160. The van der Waals surface area contributed by atoms with Gasteiger partial charge in [-0.1, -0.05) is 23.7 Å². The van der Waals surface area contributed by atoms with Crippen LogP contribution in [0, 0.1) is 0 Å². The maximum atomic E-state index is 12.9. The zero-order valence-corrected chi connectivity index (χ0v) is 19.3. The number of anilines is 2. The van der Waals surface area contributed by atoms with Crippen molar-refractivity contribution in [2.24, 2.45) is 0 Å². The molecule has 0 spiro atoms. The Morgan fingerprint density at radius 3 is 2.67 bits per heavy atom. The smallest absolute Gasteiger partial charge is 0.347 e. The molecule has 8 heteroatoms. The SMILES string of the molecule is CC(OC(=O)c1ccccc1Nc1ccnc2cc(Cl)ccc12)C(=O)OC1CCN(C)CC1. The van der Waals surface area contributed by atoms with E-state index in [-0.39, 0.29) is 6.10 Å². The van der Waals surface area contributed by atoms with Crippen molar-refractivity contribution in [3.63, 3.8) is 0 Å². The summed E-state index contributed by atoms with van der Waals surface area (Å²) in [5.41, 5.74) is 2.38. The quantitative estimate of drug-likeness (QED) is 0.521. The van der Waals surface area contributed by atoms with Crippen molar-refractivity contribution in [3.8, 4) is 0 Å². The van der Waals surface area contributed by atoms with Crippen LogP contribution >= 0.6 is 11.6 Å².